The monoisotopic (exact) mass is 281 g/mol. The average Bonchev–Trinajstić information content (AvgIpc) is 2.83. The Bertz CT molecular complexity index is 419. The fourth-order valence-corrected chi connectivity index (χ4v) is 3.55. The number of aryl methyl sites for hydroxylation is 1. The van der Waals surface area contributed by atoms with E-state index >= 15 is 0 Å². The van der Waals surface area contributed by atoms with E-state index in [4.69, 9.17) is 0 Å². The summed E-state index contributed by atoms with van der Waals surface area (Å²) in [6, 6.07) is 0. The molecule has 1 aliphatic rings. The van der Waals surface area contributed by atoms with Crippen LogP contribution in [0.25, 0.3) is 0 Å². The zero-order chi connectivity index (χ0) is 13.7. The van der Waals surface area contributed by atoms with Crippen LogP contribution in [0.2, 0.25) is 0 Å². The first-order valence-corrected chi connectivity index (χ1v) is 7.88. The van der Waals surface area contributed by atoms with E-state index in [0.717, 1.165) is 48.7 Å². The lowest BCUT2D eigenvalue weighted by molar-refractivity contribution is -0.133. The summed E-state index contributed by atoms with van der Waals surface area (Å²) in [5.74, 6) is 0.224. The van der Waals surface area contributed by atoms with Crippen LogP contribution in [0.15, 0.2) is 6.20 Å². The highest BCUT2D eigenvalue weighted by Crippen LogP contribution is 2.34. The Morgan fingerprint density at radius 3 is 2.84 bits per heavy atom. The minimum Gasteiger partial charge on any atom is -0.351 e. The third kappa shape index (κ3) is 3.54. The first-order valence-electron chi connectivity index (χ1n) is 7.06. The maximum atomic E-state index is 12.5. The molecular weight excluding hydrogens is 258 g/mol. The summed E-state index contributed by atoms with van der Waals surface area (Å²) < 4.78 is 0. The summed E-state index contributed by atoms with van der Waals surface area (Å²) in [6.07, 6.45) is 5.81. The van der Waals surface area contributed by atoms with Crippen molar-refractivity contribution in [1.29, 1.82) is 0 Å². The number of nitrogens with one attached hydrogen (secondary N) is 2. The number of carbonyl (C=O) groups is 1. The Hall–Kier alpha value is -0.940. The zero-order valence-corrected chi connectivity index (χ0v) is 12.6. The normalized spacial score (nSPS) is 18.2. The Morgan fingerprint density at radius 2 is 2.26 bits per heavy atom. The molecule has 106 valence electrons. The Balaban J connectivity index is 1.95. The maximum Gasteiger partial charge on any atom is 0.226 e. The van der Waals surface area contributed by atoms with Crippen LogP contribution in [0.4, 0.5) is 0 Å². The maximum absolute atomic E-state index is 12.5. The van der Waals surface area contributed by atoms with Crippen LogP contribution in [-0.2, 0) is 11.3 Å². The molecule has 2 N–H and O–H groups in total. The molecule has 1 saturated heterocycles. The van der Waals surface area contributed by atoms with Crippen molar-refractivity contribution in [2.45, 2.75) is 46.1 Å². The number of amides is 1. The smallest absolute Gasteiger partial charge is 0.226 e. The average molecular weight is 281 g/mol. The second-order valence-corrected chi connectivity index (χ2v) is 6.63. The molecule has 5 heteroatoms. The predicted molar refractivity (Wildman–Crippen MR) is 78.1 cm³/mol. The molecule has 0 bridgehead atoms. The van der Waals surface area contributed by atoms with E-state index in [1.807, 2.05) is 13.1 Å². The van der Waals surface area contributed by atoms with Crippen LogP contribution >= 0.6 is 11.3 Å². The second kappa shape index (κ2) is 6.48. The third-order valence-corrected chi connectivity index (χ3v) is 4.78. The van der Waals surface area contributed by atoms with Gasteiger partial charge < -0.3 is 10.6 Å². The number of thiazole rings is 1. The van der Waals surface area contributed by atoms with Crippen molar-refractivity contribution in [1.82, 2.24) is 15.6 Å². The highest BCUT2D eigenvalue weighted by molar-refractivity contribution is 7.11. The molecule has 2 heterocycles. The van der Waals surface area contributed by atoms with Gasteiger partial charge in [0.1, 0.15) is 0 Å². The van der Waals surface area contributed by atoms with E-state index in [-0.39, 0.29) is 11.3 Å². The third-order valence-electron chi connectivity index (χ3n) is 3.86. The minimum atomic E-state index is -0.153. The van der Waals surface area contributed by atoms with E-state index in [9.17, 15) is 4.79 Å². The summed E-state index contributed by atoms with van der Waals surface area (Å²) in [6.45, 7) is 6.66. The Labute approximate surface area is 119 Å². The van der Waals surface area contributed by atoms with Gasteiger partial charge in [0.2, 0.25) is 5.91 Å². The quantitative estimate of drug-likeness (QED) is 0.870. The second-order valence-electron chi connectivity index (χ2n) is 5.31. The van der Waals surface area contributed by atoms with Crippen molar-refractivity contribution in [3.8, 4) is 0 Å². The summed E-state index contributed by atoms with van der Waals surface area (Å²) in [5.41, 5.74) is -0.153. The van der Waals surface area contributed by atoms with E-state index < -0.39 is 0 Å². The summed E-state index contributed by atoms with van der Waals surface area (Å²) >= 11 is 1.65. The van der Waals surface area contributed by atoms with Gasteiger partial charge in [-0.1, -0.05) is 13.3 Å². The molecule has 1 amide bonds. The van der Waals surface area contributed by atoms with E-state index in [1.165, 1.54) is 0 Å². The number of piperidine rings is 1. The van der Waals surface area contributed by atoms with E-state index in [1.54, 1.807) is 11.3 Å². The van der Waals surface area contributed by atoms with E-state index in [2.05, 4.69) is 22.5 Å². The Kier molecular flexibility index (Phi) is 4.93. The number of hydrogen-bond donors (Lipinski definition) is 2. The van der Waals surface area contributed by atoms with Gasteiger partial charge in [-0.2, -0.15) is 0 Å². The molecular formula is C14H23N3OS. The molecule has 2 rings (SSSR count). The molecule has 4 nitrogen and oxygen atoms in total. The number of nitrogens with zero attached hydrogens (tertiary/aromatic N) is 1. The molecule has 1 aromatic rings. The van der Waals surface area contributed by atoms with Crippen molar-refractivity contribution in [3.05, 3.63) is 16.1 Å². The van der Waals surface area contributed by atoms with Crippen LogP contribution in [0, 0.1) is 12.3 Å². The van der Waals surface area contributed by atoms with Gasteiger partial charge in [0.05, 0.1) is 17.0 Å². The number of aromatic nitrogens is 1. The van der Waals surface area contributed by atoms with Crippen LogP contribution in [0.3, 0.4) is 0 Å². The first-order chi connectivity index (χ1) is 9.16. The molecule has 0 unspecified atom stereocenters. The molecule has 1 aliphatic heterocycles. The summed E-state index contributed by atoms with van der Waals surface area (Å²) in [7, 11) is 0. The van der Waals surface area contributed by atoms with Gasteiger partial charge in [-0.15, -0.1) is 11.3 Å². The molecule has 0 radical (unpaired) electrons. The lowest BCUT2D eigenvalue weighted by atomic mass is 9.74. The highest BCUT2D eigenvalue weighted by Gasteiger charge is 2.38. The highest BCUT2D eigenvalue weighted by atomic mass is 32.1. The van der Waals surface area contributed by atoms with Crippen LogP contribution in [-0.4, -0.2) is 24.0 Å². The van der Waals surface area contributed by atoms with Gasteiger partial charge in [-0.25, -0.2) is 4.98 Å². The van der Waals surface area contributed by atoms with Crippen molar-refractivity contribution < 1.29 is 4.79 Å². The van der Waals surface area contributed by atoms with Crippen molar-refractivity contribution in [2.75, 3.05) is 13.1 Å². The lowest BCUT2D eigenvalue weighted by Gasteiger charge is -2.36. The van der Waals surface area contributed by atoms with Gasteiger partial charge in [0.15, 0.2) is 0 Å². The van der Waals surface area contributed by atoms with Crippen LogP contribution in [0.5, 0.6) is 0 Å². The van der Waals surface area contributed by atoms with Gasteiger partial charge in [0.25, 0.3) is 0 Å². The summed E-state index contributed by atoms with van der Waals surface area (Å²) in [5, 5.41) is 7.50. The molecule has 1 fully saturated rings. The van der Waals surface area contributed by atoms with Crippen molar-refractivity contribution in [2.24, 2.45) is 5.41 Å². The van der Waals surface area contributed by atoms with Gasteiger partial charge in [-0.3, -0.25) is 4.79 Å². The number of carbonyl (C=O) groups excluding carboxylic acids is 1. The van der Waals surface area contributed by atoms with Gasteiger partial charge in [0, 0.05) is 11.1 Å². The molecule has 19 heavy (non-hydrogen) atoms. The molecule has 0 spiro atoms. The Morgan fingerprint density at radius 1 is 1.53 bits per heavy atom. The molecule has 1 aromatic heterocycles. The fraction of sp³-hybridized carbons (Fsp3) is 0.714. The summed E-state index contributed by atoms with van der Waals surface area (Å²) in [4.78, 5) is 17.9. The first kappa shape index (κ1) is 14.5. The standard InChI is InChI=1S/C14H23N3OS/c1-3-4-14(5-7-15-8-6-14)13(18)17-10-12-9-16-11(2)19-12/h9,15H,3-8,10H2,1-2H3,(H,17,18). The van der Waals surface area contributed by atoms with Gasteiger partial charge >= 0.3 is 0 Å². The molecule has 0 saturated carbocycles. The minimum absolute atomic E-state index is 0.153. The largest absolute Gasteiger partial charge is 0.351 e. The number of hydrogen-bond acceptors (Lipinski definition) is 4. The lowest BCUT2D eigenvalue weighted by Crippen LogP contribution is -2.47. The van der Waals surface area contributed by atoms with E-state index in [0.29, 0.717) is 6.54 Å². The fourth-order valence-electron chi connectivity index (χ4n) is 2.82. The molecule has 0 aliphatic carbocycles. The van der Waals surface area contributed by atoms with Crippen molar-refractivity contribution >= 4 is 17.2 Å². The zero-order valence-electron chi connectivity index (χ0n) is 11.8. The predicted octanol–water partition coefficient (Wildman–Crippen LogP) is 2.24. The number of rotatable bonds is 5. The topological polar surface area (TPSA) is 54.0 Å². The van der Waals surface area contributed by atoms with Gasteiger partial charge in [-0.05, 0) is 39.3 Å². The van der Waals surface area contributed by atoms with Crippen LogP contribution < -0.4 is 10.6 Å². The van der Waals surface area contributed by atoms with Crippen molar-refractivity contribution in [3.63, 3.8) is 0 Å². The molecule has 0 atom stereocenters. The SMILES string of the molecule is CCCC1(C(=O)NCc2cnc(C)s2)CCNCC1. The molecule has 0 aromatic carbocycles. The van der Waals surface area contributed by atoms with Crippen LogP contribution in [0.1, 0.15) is 42.5 Å².